The molecule has 0 amide bonds. The van der Waals surface area contributed by atoms with Gasteiger partial charge in [0.1, 0.15) is 11.9 Å². The van der Waals surface area contributed by atoms with E-state index in [0.29, 0.717) is 10.4 Å². The summed E-state index contributed by atoms with van der Waals surface area (Å²) in [4.78, 5) is 0. The van der Waals surface area contributed by atoms with E-state index in [4.69, 9.17) is 4.42 Å². The molecule has 0 fully saturated rings. The molecule has 0 aliphatic heterocycles. The molecule has 19 heavy (non-hydrogen) atoms. The van der Waals surface area contributed by atoms with Crippen LogP contribution in [0.25, 0.3) is 10.8 Å². The van der Waals surface area contributed by atoms with Crippen LogP contribution in [0.4, 0.5) is 0 Å². The standard InChI is InChI=1S/C15H10Br2O2/c16-12-6-5-11(9-3-1-2-4-10(9)12)15(18)13-7-8-14(17)19-13/h1-8,15,18H. The first-order chi connectivity index (χ1) is 9.16. The minimum absolute atomic E-state index is 0.527. The Hall–Kier alpha value is -1.10. The van der Waals surface area contributed by atoms with Crippen molar-refractivity contribution in [2.75, 3.05) is 0 Å². The Labute approximate surface area is 127 Å². The van der Waals surface area contributed by atoms with Gasteiger partial charge in [-0.3, -0.25) is 0 Å². The zero-order valence-corrected chi connectivity index (χ0v) is 13.0. The second-order valence-corrected chi connectivity index (χ2v) is 5.86. The fourth-order valence-corrected chi connectivity index (χ4v) is 2.95. The first kappa shape index (κ1) is 12.9. The number of hydrogen-bond donors (Lipinski definition) is 1. The van der Waals surface area contributed by atoms with Crippen LogP contribution in [0.2, 0.25) is 0 Å². The Morgan fingerprint density at radius 3 is 2.32 bits per heavy atom. The van der Waals surface area contributed by atoms with E-state index >= 15 is 0 Å². The van der Waals surface area contributed by atoms with E-state index in [9.17, 15) is 5.11 Å². The molecule has 0 saturated heterocycles. The number of benzene rings is 2. The molecule has 0 spiro atoms. The maximum absolute atomic E-state index is 10.5. The summed E-state index contributed by atoms with van der Waals surface area (Å²) in [6.45, 7) is 0. The summed E-state index contributed by atoms with van der Waals surface area (Å²) in [5, 5.41) is 12.5. The third-order valence-electron chi connectivity index (χ3n) is 3.06. The summed E-state index contributed by atoms with van der Waals surface area (Å²) in [6, 6.07) is 15.4. The second-order valence-electron chi connectivity index (χ2n) is 4.23. The average Bonchev–Trinajstić information content (AvgIpc) is 2.86. The zero-order valence-electron chi connectivity index (χ0n) is 9.81. The van der Waals surface area contributed by atoms with E-state index in [1.165, 1.54) is 0 Å². The number of aliphatic hydroxyl groups is 1. The number of rotatable bonds is 2. The van der Waals surface area contributed by atoms with Crippen LogP contribution in [0.3, 0.4) is 0 Å². The Morgan fingerprint density at radius 1 is 0.895 bits per heavy atom. The quantitative estimate of drug-likeness (QED) is 0.674. The van der Waals surface area contributed by atoms with E-state index in [1.54, 1.807) is 12.1 Å². The van der Waals surface area contributed by atoms with Crippen molar-refractivity contribution >= 4 is 42.6 Å². The van der Waals surface area contributed by atoms with Crippen LogP contribution in [0, 0.1) is 0 Å². The van der Waals surface area contributed by atoms with Crippen LogP contribution in [0.1, 0.15) is 17.4 Å². The minimum atomic E-state index is -0.774. The number of halogens is 2. The maximum Gasteiger partial charge on any atom is 0.169 e. The monoisotopic (exact) mass is 380 g/mol. The van der Waals surface area contributed by atoms with E-state index in [2.05, 4.69) is 31.9 Å². The molecule has 3 aromatic rings. The van der Waals surface area contributed by atoms with Crippen molar-refractivity contribution in [2.45, 2.75) is 6.10 Å². The lowest BCUT2D eigenvalue weighted by atomic mass is 9.99. The molecule has 1 N–H and O–H groups in total. The first-order valence-corrected chi connectivity index (χ1v) is 7.36. The number of hydrogen-bond acceptors (Lipinski definition) is 2. The molecule has 2 aromatic carbocycles. The molecule has 2 nitrogen and oxygen atoms in total. The van der Waals surface area contributed by atoms with Crippen molar-refractivity contribution in [1.82, 2.24) is 0 Å². The predicted molar refractivity (Wildman–Crippen MR) is 82.1 cm³/mol. The summed E-state index contributed by atoms with van der Waals surface area (Å²) < 4.78 is 7.06. The van der Waals surface area contributed by atoms with Gasteiger partial charge >= 0.3 is 0 Å². The number of aliphatic hydroxyl groups excluding tert-OH is 1. The Bertz CT molecular complexity index is 734. The van der Waals surface area contributed by atoms with Gasteiger partial charge in [-0.15, -0.1) is 0 Å². The van der Waals surface area contributed by atoms with Gasteiger partial charge < -0.3 is 9.52 Å². The van der Waals surface area contributed by atoms with Crippen LogP contribution in [-0.2, 0) is 0 Å². The highest BCUT2D eigenvalue weighted by Crippen LogP contribution is 2.34. The topological polar surface area (TPSA) is 33.4 Å². The molecule has 96 valence electrons. The minimum Gasteiger partial charge on any atom is -0.451 e. The van der Waals surface area contributed by atoms with Crippen LogP contribution < -0.4 is 0 Å². The molecule has 3 rings (SSSR count). The molecule has 1 aromatic heterocycles. The SMILES string of the molecule is OC(c1ccc(Br)o1)c1ccc(Br)c2ccccc12. The number of furan rings is 1. The fraction of sp³-hybridized carbons (Fsp3) is 0.0667. The molecule has 1 unspecified atom stereocenters. The van der Waals surface area contributed by atoms with Crippen LogP contribution in [-0.4, -0.2) is 5.11 Å². The van der Waals surface area contributed by atoms with Crippen molar-refractivity contribution in [3.8, 4) is 0 Å². The van der Waals surface area contributed by atoms with Crippen molar-refractivity contribution in [2.24, 2.45) is 0 Å². The molecular weight excluding hydrogens is 372 g/mol. The van der Waals surface area contributed by atoms with Crippen molar-refractivity contribution in [3.05, 3.63) is 69.0 Å². The summed E-state index contributed by atoms with van der Waals surface area (Å²) in [6.07, 6.45) is -0.774. The molecule has 1 atom stereocenters. The van der Waals surface area contributed by atoms with E-state index in [1.807, 2.05) is 36.4 Å². The molecule has 0 radical (unpaired) electrons. The van der Waals surface area contributed by atoms with Gasteiger partial charge in [0.2, 0.25) is 0 Å². The predicted octanol–water partition coefficient (Wildman–Crippen LogP) is 5.04. The zero-order chi connectivity index (χ0) is 13.4. The molecule has 0 aliphatic carbocycles. The van der Waals surface area contributed by atoms with Crippen molar-refractivity contribution in [1.29, 1.82) is 0 Å². The Balaban J connectivity index is 2.18. The van der Waals surface area contributed by atoms with Crippen molar-refractivity contribution in [3.63, 3.8) is 0 Å². The molecule has 4 heteroatoms. The largest absolute Gasteiger partial charge is 0.451 e. The average molecular weight is 382 g/mol. The molecule has 1 heterocycles. The summed E-state index contributed by atoms with van der Waals surface area (Å²) >= 11 is 6.78. The van der Waals surface area contributed by atoms with E-state index < -0.39 is 6.10 Å². The maximum atomic E-state index is 10.5. The summed E-state index contributed by atoms with van der Waals surface area (Å²) in [5.41, 5.74) is 0.834. The van der Waals surface area contributed by atoms with Gasteiger partial charge in [0.05, 0.1) is 0 Å². The van der Waals surface area contributed by atoms with E-state index in [-0.39, 0.29) is 0 Å². The van der Waals surface area contributed by atoms with Gasteiger partial charge in [-0.25, -0.2) is 0 Å². The van der Waals surface area contributed by atoms with Gasteiger partial charge in [-0.1, -0.05) is 46.3 Å². The first-order valence-electron chi connectivity index (χ1n) is 5.77. The van der Waals surface area contributed by atoms with E-state index in [0.717, 1.165) is 20.8 Å². The van der Waals surface area contributed by atoms with Gasteiger partial charge in [0.25, 0.3) is 0 Å². The normalized spacial score (nSPS) is 12.8. The molecular formula is C15H10Br2O2. The Kier molecular flexibility index (Phi) is 3.48. The molecule has 0 saturated carbocycles. The lowest BCUT2D eigenvalue weighted by molar-refractivity contribution is 0.189. The third-order valence-corrected chi connectivity index (χ3v) is 4.18. The fourth-order valence-electron chi connectivity index (χ4n) is 2.15. The highest BCUT2D eigenvalue weighted by Gasteiger charge is 2.17. The van der Waals surface area contributed by atoms with Gasteiger partial charge in [-0.2, -0.15) is 0 Å². The highest BCUT2D eigenvalue weighted by atomic mass is 79.9. The molecule has 0 aliphatic rings. The van der Waals surface area contributed by atoms with Crippen LogP contribution >= 0.6 is 31.9 Å². The smallest absolute Gasteiger partial charge is 0.169 e. The second kappa shape index (κ2) is 5.12. The summed E-state index contributed by atoms with van der Waals surface area (Å²) in [7, 11) is 0. The van der Waals surface area contributed by atoms with Crippen molar-refractivity contribution < 1.29 is 9.52 Å². The summed E-state index contributed by atoms with van der Waals surface area (Å²) in [5.74, 6) is 0.527. The molecule has 0 bridgehead atoms. The Morgan fingerprint density at radius 2 is 1.63 bits per heavy atom. The third kappa shape index (κ3) is 2.36. The van der Waals surface area contributed by atoms with Gasteiger partial charge in [0, 0.05) is 4.47 Å². The van der Waals surface area contributed by atoms with Crippen LogP contribution in [0.5, 0.6) is 0 Å². The number of fused-ring (bicyclic) bond motifs is 1. The lowest BCUT2D eigenvalue weighted by Crippen LogP contribution is -1.99. The lowest BCUT2D eigenvalue weighted by Gasteiger charge is -2.12. The van der Waals surface area contributed by atoms with Gasteiger partial charge in [0.15, 0.2) is 4.67 Å². The highest BCUT2D eigenvalue weighted by molar-refractivity contribution is 9.10. The van der Waals surface area contributed by atoms with Crippen LogP contribution in [0.15, 0.2) is 62.1 Å². The van der Waals surface area contributed by atoms with Gasteiger partial charge in [-0.05, 0) is 50.5 Å².